The number of aryl methyl sites for hydroxylation is 2. The molecule has 0 unspecified atom stereocenters. The van der Waals surface area contributed by atoms with E-state index in [2.05, 4.69) is 4.98 Å². The largest absolute Gasteiger partial charge is 0.434 e. The number of alkyl halides is 3. The lowest BCUT2D eigenvalue weighted by atomic mass is 9.83. The van der Waals surface area contributed by atoms with Crippen LogP contribution in [0.5, 0.6) is 0 Å². The molecule has 1 aliphatic rings. The standard InChI is InChI=1S/C23H13F5N2OS/c24-11-6-8-13(15(25)9-11)19(31)20-18(29)17-14-7-5-10-3-1-2-4-12(10)16(14)21(23(26,27)28)30-22(17)32-20/h1-4,6,8-9H,5,7,29H2. The Kier molecular flexibility index (Phi) is 4.56. The maximum Gasteiger partial charge on any atom is 0.434 e. The van der Waals surface area contributed by atoms with E-state index in [4.69, 9.17) is 5.73 Å². The minimum absolute atomic E-state index is 0.0386. The van der Waals surface area contributed by atoms with Crippen LogP contribution in [0, 0.1) is 11.6 Å². The molecule has 32 heavy (non-hydrogen) atoms. The van der Waals surface area contributed by atoms with Crippen molar-refractivity contribution in [3.05, 3.63) is 81.4 Å². The van der Waals surface area contributed by atoms with Gasteiger partial charge in [-0.1, -0.05) is 24.3 Å². The van der Waals surface area contributed by atoms with Crippen molar-refractivity contribution in [2.24, 2.45) is 0 Å². The van der Waals surface area contributed by atoms with Crippen molar-refractivity contribution in [1.29, 1.82) is 0 Å². The Balaban J connectivity index is 1.80. The van der Waals surface area contributed by atoms with Crippen molar-refractivity contribution in [2.75, 3.05) is 5.73 Å². The van der Waals surface area contributed by atoms with Gasteiger partial charge in [0.2, 0.25) is 5.78 Å². The number of pyridine rings is 1. The van der Waals surface area contributed by atoms with Gasteiger partial charge in [0, 0.05) is 17.0 Å². The van der Waals surface area contributed by atoms with Gasteiger partial charge >= 0.3 is 6.18 Å². The number of hydrogen-bond acceptors (Lipinski definition) is 4. The Morgan fingerprint density at radius 3 is 2.53 bits per heavy atom. The fourth-order valence-corrected chi connectivity index (χ4v) is 5.26. The highest BCUT2D eigenvalue weighted by molar-refractivity contribution is 7.21. The number of hydrogen-bond donors (Lipinski definition) is 1. The number of nitrogens with two attached hydrogens (primary N) is 1. The molecule has 0 atom stereocenters. The van der Waals surface area contributed by atoms with Crippen molar-refractivity contribution < 1.29 is 26.7 Å². The molecule has 2 aromatic heterocycles. The first-order valence-corrected chi connectivity index (χ1v) is 10.4. The average molecular weight is 460 g/mol. The molecule has 2 N–H and O–H groups in total. The molecule has 2 heterocycles. The van der Waals surface area contributed by atoms with Gasteiger partial charge in [-0.25, -0.2) is 13.8 Å². The molecule has 0 aliphatic heterocycles. The van der Waals surface area contributed by atoms with E-state index in [1.165, 1.54) is 0 Å². The second-order valence-electron chi connectivity index (χ2n) is 7.45. The molecule has 1 aliphatic carbocycles. The predicted octanol–water partition coefficient (Wildman–Crippen LogP) is 6.17. The maximum atomic E-state index is 14.2. The van der Waals surface area contributed by atoms with Crippen molar-refractivity contribution in [3.63, 3.8) is 0 Å². The van der Waals surface area contributed by atoms with Gasteiger partial charge in [-0.2, -0.15) is 13.2 Å². The summed E-state index contributed by atoms with van der Waals surface area (Å²) in [5, 5.41) is 0.276. The monoisotopic (exact) mass is 460 g/mol. The van der Waals surface area contributed by atoms with Crippen LogP contribution >= 0.6 is 11.3 Å². The van der Waals surface area contributed by atoms with Crippen LogP contribution in [-0.4, -0.2) is 10.8 Å². The van der Waals surface area contributed by atoms with E-state index < -0.39 is 34.9 Å². The van der Waals surface area contributed by atoms with Crippen LogP contribution in [0.2, 0.25) is 0 Å². The molecule has 0 saturated carbocycles. The zero-order chi connectivity index (χ0) is 22.8. The number of carbonyl (C=O) groups is 1. The quantitative estimate of drug-likeness (QED) is 0.287. The summed E-state index contributed by atoms with van der Waals surface area (Å²) in [7, 11) is 0. The molecule has 3 nitrogen and oxygen atoms in total. The van der Waals surface area contributed by atoms with Gasteiger partial charge in [0.05, 0.1) is 11.3 Å². The number of halogens is 5. The van der Waals surface area contributed by atoms with Crippen LogP contribution in [0.15, 0.2) is 42.5 Å². The van der Waals surface area contributed by atoms with Gasteiger partial charge in [-0.3, -0.25) is 4.79 Å². The second kappa shape index (κ2) is 7.09. The summed E-state index contributed by atoms with van der Waals surface area (Å²) >= 11 is 0.678. The molecule has 0 fully saturated rings. The van der Waals surface area contributed by atoms with Gasteiger partial charge in [-0.15, -0.1) is 11.3 Å². The fourth-order valence-electron chi connectivity index (χ4n) is 4.18. The molecule has 0 bridgehead atoms. The van der Waals surface area contributed by atoms with E-state index in [0.717, 1.165) is 17.7 Å². The lowest BCUT2D eigenvalue weighted by Crippen LogP contribution is -2.16. The van der Waals surface area contributed by atoms with Crippen molar-refractivity contribution in [1.82, 2.24) is 4.98 Å². The number of aromatic nitrogens is 1. The lowest BCUT2D eigenvalue weighted by Gasteiger charge is -2.24. The number of thiophene rings is 1. The normalized spacial score (nSPS) is 13.2. The highest BCUT2D eigenvalue weighted by atomic mass is 32.1. The van der Waals surface area contributed by atoms with E-state index in [9.17, 15) is 26.7 Å². The van der Waals surface area contributed by atoms with Crippen LogP contribution in [-0.2, 0) is 19.0 Å². The SMILES string of the molecule is Nc1c(C(=O)c2ccc(F)cc2F)sc2nc(C(F)(F)F)c3c(c12)CCc1ccccc1-3. The first-order valence-electron chi connectivity index (χ1n) is 9.57. The molecule has 0 saturated heterocycles. The average Bonchev–Trinajstić information content (AvgIpc) is 3.08. The number of carbonyl (C=O) groups excluding carboxylic acids is 1. The third-order valence-electron chi connectivity index (χ3n) is 5.56. The topological polar surface area (TPSA) is 56.0 Å². The van der Waals surface area contributed by atoms with E-state index >= 15 is 0 Å². The number of anilines is 1. The Morgan fingerprint density at radius 2 is 1.81 bits per heavy atom. The molecular weight excluding hydrogens is 447 g/mol. The fraction of sp³-hybridized carbons (Fsp3) is 0.130. The van der Waals surface area contributed by atoms with Crippen LogP contribution in [0.3, 0.4) is 0 Å². The van der Waals surface area contributed by atoms with Crippen molar-refractivity contribution in [2.45, 2.75) is 19.0 Å². The van der Waals surface area contributed by atoms with Crippen LogP contribution in [0.4, 0.5) is 27.6 Å². The van der Waals surface area contributed by atoms with Crippen LogP contribution in [0.1, 0.15) is 32.1 Å². The van der Waals surface area contributed by atoms with Gasteiger partial charge in [0.1, 0.15) is 21.3 Å². The van der Waals surface area contributed by atoms with E-state index in [0.29, 0.717) is 35.0 Å². The third kappa shape index (κ3) is 3.07. The summed E-state index contributed by atoms with van der Waals surface area (Å²) in [5.41, 5.74) is 6.26. The van der Waals surface area contributed by atoms with Gasteiger partial charge in [0.15, 0.2) is 5.69 Å². The van der Waals surface area contributed by atoms with E-state index in [1.54, 1.807) is 24.3 Å². The summed E-state index contributed by atoms with van der Waals surface area (Å²) in [6.07, 6.45) is -3.94. The summed E-state index contributed by atoms with van der Waals surface area (Å²) in [4.78, 5) is 16.6. The molecule has 162 valence electrons. The first kappa shape index (κ1) is 20.6. The van der Waals surface area contributed by atoms with E-state index in [1.807, 2.05) is 0 Å². The Labute approximate surface area is 182 Å². The molecule has 9 heteroatoms. The first-order chi connectivity index (χ1) is 15.2. The Hall–Kier alpha value is -3.33. The molecule has 2 aromatic carbocycles. The zero-order valence-electron chi connectivity index (χ0n) is 16.2. The molecular formula is C23H13F5N2OS. The maximum absolute atomic E-state index is 14.2. The number of nitrogen functional groups attached to an aromatic ring is 1. The predicted molar refractivity (Wildman–Crippen MR) is 112 cm³/mol. The van der Waals surface area contributed by atoms with Crippen molar-refractivity contribution >= 4 is 33.0 Å². The number of rotatable bonds is 2. The minimum atomic E-state index is -4.73. The summed E-state index contributed by atoms with van der Waals surface area (Å²) in [6, 6.07) is 9.27. The number of nitrogens with zero attached hydrogens (tertiary/aromatic N) is 1. The minimum Gasteiger partial charge on any atom is -0.397 e. The molecule has 0 radical (unpaired) electrons. The van der Waals surface area contributed by atoms with Crippen LogP contribution in [0.25, 0.3) is 21.3 Å². The summed E-state index contributed by atoms with van der Waals surface area (Å²) in [6.45, 7) is 0. The molecule has 0 amide bonds. The van der Waals surface area contributed by atoms with Gasteiger partial charge in [-0.05, 0) is 41.7 Å². The van der Waals surface area contributed by atoms with Gasteiger partial charge < -0.3 is 5.73 Å². The Bertz CT molecular complexity index is 1420. The summed E-state index contributed by atoms with van der Waals surface area (Å²) in [5.74, 6) is -2.76. The van der Waals surface area contributed by atoms with Crippen molar-refractivity contribution in [3.8, 4) is 11.1 Å². The third-order valence-corrected chi connectivity index (χ3v) is 6.66. The number of ketones is 1. The summed E-state index contributed by atoms with van der Waals surface area (Å²) < 4.78 is 69.3. The zero-order valence-corrected chi connectivity index (χ0v) is 17.0. The van der Waals surface area contributed by atoms with E-state index in [-0.39, 0.29) is 32.8 Å². The molecule has 5 rings (SSSR count). The van der Waals surface area contributed by atoms with Crippen LogP contribution < -0.4 is 5.73 Å². The molecule has 0 spiro atoms. The highest BCUT2D eigenvalue weighted by Crippen LogP contribution is 2.48. The van der Waals surface area contributed by atoms with Gasteiger partial charge in [0.25, 0.3) is 0 Å². The number of fused-ring (bicyclic) bond motifs is 5. The second-order valence-corrected chi connectivity index (χ2v) is 8.45. The lowest BCUT2D eigenvalue weighted by molar-refractivity contribution is -0.140. The smallest absolute Gasteiger partial charge is 0.397 e. The highest BCUT2D eigenvalue weighted by Gasteiger charge is 2.40. The Morgan fingerprint density at radius 1 is 1.06 bits per heavy atom. The molecule has 4 aromatic rings. The number of benzene rings is 2.